The minimum Gasteiger partial charge on any atom is -0.502 e. The molecule has 0 saturated heterocycles. The molecule has 0 heterocycles. The van der Waals surface area contributed by atoms with E-state index in [-0.39, 0.29) is 11.3 Å². The van der Waals surface area contributed by atoms with Gasteiger partial charge in [-0.25, -0.2) is 0 Å². The zero-order valence-corrected chi connectivity index (χ0v) is 13.2. The Labute approximate surface area is 134 Å². The Bertz CT molecular complexity index is 747. The standard InChI is InChI=1S/C14H10BrClN2O3/c1-8-2-3-11(16)6-12(8)17-7-9-4-10(15)5-13(14(9)19)18(20)21/h2-7,19H,1H3. The van der Waals surface area contributed by atoms with Crippen LogP contribution >= 0.6 is 27.5 Å². The number of aromatic hydroxyl groups is 1. The van der Waals surface area contributed by atoms with Gasteiger partial charge in [0.1, 0.15) is 0 Å². The van der Waals surface area contributed by atoms with Crippen LogP contribution < -0.4 is 0 Å². The molecule has 0 aliphatic carbocycles. The number of nitro benzene ring substituents is 1. The molecule has 0 fully saturated rings. The van der Waals surface area contributed by atoms with Gasteiger partial charge in [0, 0.05) is 27.3 Å². The van der Waals surface area contributed by atoms with Crippen molar-refractivity contribution in [2.75, 3.05) is 0 Å². The third-order valence-electron chi connectivity index (χ3n) is 2.79. The fourth-order valence-corrected chi connectivity index (χ4v) is 2.33. The van der Waals surface area contributed by atoms with Crippen LogP contribution in [0.3, 0.4) is 0 Å². The molecular weight excluding hydrogens is 360 g/mol. The molecule has 0 aliphatic heterocycles. The summed E-state index contributed by atoms with van der Waals surface area (Å²) >= 11 is 9.07. The third kappa shape index (κ3) is 3.59. The Kier molecular flexibility index (Phi) is 4.59. The summed E-state index contributed by atoms with van der Waals surface area (Å²) in [6.45, 7) is 1.87. The van der Waals surface area contributed by atoms with Gasteiger partial charge < -0.3 is 5.11 Å². The number of phenols is 1. The molecule has 0 aliphatic rings. The predicted molar refractivity (Wildman–Crippen MR) is 85.9 cm³/mol. The van der Waals surface area contributed by atoms with Crippen LogP contribution in [-0.2, 0) is 0 Å². The number of halogens is 2. The first-order chi connectivity index (χ1) is 9.88. The summed E-state index contributed by atoms with van der Waals surface area (Å²) in [4.78, 5) is 14.4. The van der Waals surface area contributed by atoms with Crippen molar-refractivity contribution >= 4 is 45.1 Å². The Morgan fingerprint density at radius 3 is 2.76 bits per heavy atom. The van der Waals surface area contributed by atoms with E-state index in [1.54, 1.807) is 18.2 Å². The first-order valence-electron chi connectivity index (χ1n) is 5.85. The molecule has 2 aromatic carbocycles. The van der Waals surface area contributed by atoms with Crippen molar-refractivity contribution in [2.45, 2.75) is 6.92 Å². The first kappa shape index (κ1) is 15.5. The van der Waals surface area contributed by atoms with Crippen molar-refractivity contribution in [1.29, 1.82) is 0 Å². The molecule has 0 bridgehead atoms. The highest BCUT2D eigenvalue weighted by molar-refractivity contribution is 9.10. The molecule has 0 spiro atoms. The van der Waals surface area contributed by atoms with Gasteiger partial charge in [0.25, 0.3) is 0 Å². The minimum absolute atomic E-state index is 0.246. The van der Waals surface area contributed by atoms with Crippen LogP contribution in [-0.4, -0.2) is 16.2 Å². The summed E-state index contributed by atoms with van der Waals surface area (Å²) in [6, 6.07) is 8.02. The second kappa shape index (κ2) is 6.24. The molecule has 0 saturated carbocycles. The lowest BCUT2D eigenvalue weighted by Gasteiger charge is -2.03. The molecule has 7 heteroatoms. The Hall–Kier alpha value is -1.92. The average molecular weight is 370 g/mol. The number of hydrogen-bond donors (Lipinski definition) is 1. The lowest BCUT2D eigenvalue weighted by atomic mass is 10.1. The van der Waals surface area contributed by atoms with E-state index in [2.05, 4.69) is 20.9 Å². The number of rotatable bonds is 3. The number of benzene rings is 2. The van der Waals surface area contributed by atoms with E-state index in [4.69, 9.17) is 11.6 Å². The molecular formula is C14H10BrClN2O3. The fraction of sp³-hybridized carbons (Fsp3) is 0.0714. The summed E-state index contributed by atoms with van der Waals surface area (Å²) in [6.07, 6.45) is 1.37. The monoisotopic (exact) mass is 368 g/mol. The van der Waals surface area contributed by atoms with Crippen LogP contribution in [0.15, 0.2) is 39.8 Å². The summed E-state index contributed by atoms with van der Waals surface area (Å²) < 4.78 is 0.483. The maximum Gasteiger partial charge on any atom is 0.312 e. The normalized spacial score (nSPS) is 11.0. The van der Waals surface area contributed by atoms with Gasteiger partial charge in [-0.2, -0.15) is 0 Å². The second-order valence-corrected chi connectivity index (χ2v) is 5.66. The zero-order chi connectivity index (χ0) is 15.6. The van der Waals surface area contributed by atoms with Crippen molar-refractivity contribution < 1.29 is 10.0 Å². The lowest BCUT2D eigenvalue weighted by molar-refractivity contribution is -0.385. The lowest BCUT2D eigenvalue weighted by Crippen LogP contribution is -1.92. The van der Waals surface area contributed by atoms with E-state index in [1.165, 1.54) is 12.3 Å². The number of phenolic OH excluding ortho intramolecular Hbond substituents is 1. The molecule has 1 N–H and O–H groups in total. The predicted octanol–water partition coefficient (Wildman–Crippen LogP) is 4.78. The molecule has 0 radical (unpaired) electrons. The number of nitrogens with zero attached hydrogens (tertiary/aromatic N) is 2. The molecule has 0 aromatic heterocycles. The van der Waals surface area contributed by atoms with Crippen LogP contribution in [0.25, 0.3) is 0 Å². The van der Waals surface area contributed by atoms with E-state index >= 15 is 0 Å². The molecule has 2 aromatic rings. The van der Waals surface area contributed by atoms with Crippen molar-refractivity contribution in [1.82, 2.24) is 0 Å². The van der Waals surface area contributed by atoms with Crippen LogP contribution in [0.2, 0.25) is 5.02 Å². The maximum atomic E-state index is 10.9. The van der Waals surface area contributed by atoms with Crippen LogP contribution in [0.4, 0.5) is 11.4 Å². The molecule has 0 amide bonds. The second-order valence-electron chi connectivity index (χ2n) is 4.31. The molecule has 5 nitrogen and oxygen atoms in total. The van der Waals surface area contributed by atoms with Crippen molar-refractivity contribution in [3.8, 4) is 5.75 Å². The summed E-state index contributed by atoms with van der Waals surface area (Å²) in [5.74, 6) is -0.424. The quantitative estimate of drug-likeness (QED) is 0.481. The van der Waals surface area contributed by atoms with Gasteiger partial charge in [0.05, 0.1) is 10.6 Å². The van der Waals surface area contributed by atoms with Crippen molar-refractivity contribution in [3.05, 3.63) is 61.1 Å². The van der Waals surface area contributed by atoms with Crippen LogP contribution in [0.1, 0.15) is 11.1 Å². The summed E-state index contributed by atoms with van der Waals surface area (Å²) in [7, 11) is 0. The minimum atomic E-state index is -0.651. The smallest absolute Gasteiger partial charge is 0.312 e. The maximum absolute atomic E-state index is 10.9. The van der Waals surface area contributed by atoms with Gasteiger partial charge in [-0.15, -0.1) is 0 Å². The largest absolute Gasteiger partial charge is 0.502 e. The highest BCUT2D eigenvalue weighted by Crippen LogP contribution is 2.33. The van der Waals surface area contributed by atoms with Gasteiger partial charge in [-0.1, -0.05) is 33.6 Å². The van der Waals surface area contributed by atoms with E-state index < -0.39 is 10.7 Å². The van der Waals surface area contributed by atoms with Gasteiger partial charge in [0.2, 0.25) is 5.75 Å². The molecule has 21 heavy (non-hydrogen) atoms. The van der Waals surface area contributed by atoms with Crippen LogP contribution in [0, 0.1) is 17.0 Å². The first-order valence-corrected chi connectivity index (χ1v) is 7.02. The van der Waals surface area contributed by atoms with Gasteiger partial charge >= 0.3 is 5.69 Å². The van der Waals surface area contributed by atoms with Gasteiger partial charge in [0.15, 0.2) is 0 Å². The number of nitro groups is 1. The molecule has 0 unspecified atom stereocenters. The SMILES string of the molecule is Cc1ccc(Cl)cc1N=Cc1cc(Br)cc([N+](=O)[O-])c1O. The van der Waals surface area contributed by atoms with Crippen molar-refractivity contribution in [2.24, 2.45) is 4.99 Å². The van der Waals surface area contributed by atoms with Gasteiger partial charge in [-0.05, 0) is 30.7 Å². The molecule has 0 atom stereocenters. The topological polar surface area (TPSA) is 75.7 Å². The fourth-order valence-electron chi connectivity index (χ4n) is 1.70. The van der Waals surface area contributed by atoms with Crippen molar-refractivity contribution in [3.63, 3.8) is 0 Å². The van der Waals surface area contributed by atoms with E-state index in [0.717, 1.165) is 5.56 Å². The Morgan fingerprint density at radius 1 is 1.38 bits per heavy atom. The molecule has 2 rings (SSSR count). The highest BCUT2D eigenvalue weighted by atomic mass is 79.9. The Balaban J connectivity index is 2.46. The van der Waals surface area contributed by atoms with E-state index in [9.17, 15) is 15.2 Å². The van der Waals surface area contributed by atoms with E-state index in [0.29, 0.717) is 15.2 Å². The number of aliphatic imine (C=N–C) groups is 1. The average Bonchev–Trinajstić information content (AvgIpc) is 2.42. The zero-order valence-electron chi connectivity index (χ0n) is 10.9. The van der Waals surface area contributed by atoms with Crippen LogP contribution in [0.5, 0.6) is 5.75 Å². The van der Waals surface area contributed by atoms with E-state index in [1.807, 2.05) is 13.0 Å². The van der Waals surface area contributed by atoms with Gasteiger partial charge in [-0.3, -0.25) is 15.1 Å². The summed E-state index contributed by atoms with van der Waals surface area (Å²) in [5.41, 5.74) is 1.40. The molecule has 108 valence electrons. The third-order valence-corrected chi connectivity index (χ3v) is 3.49. The number of aryl methyl sites for hydroxylation is 1. The Morgan fingerprint density at radius 2 is 2.10 bits per heavy atom. The number of hydrogen-bond acceptors (Lipinski definition) is 4. The summed E-state index contributed by atoms with van der Waals surface area (Å²) in [5, 5.41) is 21.3. The highest BCUT2D eigenvalue weighted by Gasteiger charge is 2.17.